The highest BCUT2D eigenvalue weighted by molar-refractivity contribution is 5.95. The Balaban J connectivity index is 2.45. The lowest BCUT2D eigenvalue weighted by Crippen LogP contribution is -2.99. The number of carbonyl (C=O) groups excluding carboxylic acids is 2. The molecule has 2 unspecified atom stereocenters. The predicted molar refractivity (Wildman–Crippen MR) is 76.0 cm³/mol. The average Bonchev–Trinajstić information content (AvgIpc) is 2.46. The summed E-state index contributed by atoms with van der Waals surface area (Å²) in [5.41, 5.74) is 1.21. The molecule has 22 heavy (non-hydrogen) atoms. The summed E-state index contributed by atoms with van der Waals surface area (Å²) in [7, 11) is 0. The smallest absolute Gasteiger partial charge is 0.338 e. The third-order valence-corrected chi connectivity index (χ3v) is 3.23. The van der Waals surface area contributed by atoms with E-state index in [0.717, 1.165) is 0 Å². The number of urea groups is 1. The van der Waals surface area contributed by atoms with Gasteiger partial charge >= 0.3 is 12.0 Å². The van der Waals surface area contributed by atoms with Crippen molar-refractivity contribution < 1.29 is 24.8 Å². The van der Waals surface area contributed by atoms with Crippen LogP contribution < -0.4 is 15.9 Å². The van der Waals surface area contributed by atoms with E-state index in [1.54, 1.807) is 26.0 Å². The zero-order valence-electron chi connectivity index (χ0n) is 12.2. The molecule has 0 bridgehead atoms. The lowest BCUT2D eigenvalue weighted by Gasteiger charge is -2.28. The maximum atomic E-state index is 12.1. The van der Waals surface area contributed by atoms with Gasteiger partial charge in [0.1, 0.15) is 0 Å². The van der Waals surface area contributed by atoms with Crippen LogP contribution in [-0.4, -0.2) is 23.8 Å². The third kappa shape index (κ3) is 3.25. The molecule has 0 saturated carbocycles. The molecule has 0 spiro atoms. The standard InChI is InChI=1S/C14H17N3O5/c1-3-22-13(18)11-8(2)15-14(19)16-12(11)9-5-4-6-10(7-9)17(20)21/h4-7,12,17,20H,3H2,1-2H3,(H2,15,16,19). The first-order valence-corrected chi connectivity index (χ1v) is 6.72. The Kier molecular flexibility index (Phi) is 4.76. The number of allylic oxidation sites excluding steroid dienone is 1. The normalized spacial score (nSPS) is 19.3. The summed E-state index contributed by atoms with van der Waals surface area (Å²) in [6.45, 7) is 3.48. The average molecular weight is 307 g/mol. The van der Waals surface area contributed by atoms with Gasteiger partial charge in [-0.25, -0.2) is 14.8 Å². The fourth-order valence-electron chi connectivity index (χ4n) is 2.27. The van der Waals surface area contributed by atoms with Gasteiger partial charge in [0.05, 0.1) is 18.2 Å². The number of benzene rings is 1. The molecular weight excluding hydrogens is 290 g/mol. The van der Waals surface area contributed by atoms with Crippen molar-refractivity contribution >= 4 is 17.7 Å². The Hall–Kier alpha value is -2.42. The van der Waals surface area contributed by atoms with Crippen LogP contribution in [0.4, 0.5) is 10.5 Å². The molecule has 1 heterocycles. The maximum Gasteiger partial charge on any atom is 0.338 e. The van der Waals surface area contributed by atoms with Crippen LogP contribution in [0.5, 0.6) is 0 Å². The van der Waals surface area contributed by atoms with Crippen molar-refractivity contribution in [3.63, 3.8) is 0 Å². The molecule has 8 nitrogen and oxygen atoms in total. The van der Waals surface area contributed by atoms with E-state index in [2.05, 4.69) is 10.6 Å². The van der Waals surface area contributed by atoms with Crippen LogP contribution in [0.25, 0.3) is 0 Å². The minimum absolute atomic E-state index is 0.0751. The van der Waals surface area contributed by atoms with Gasteiger partial charge in [-0.3, -0.25) is 0 Å². The molecule has 0 fully saturated rings. The van der Waals surface area contributed by atoms with Crippen molar-refractivity contribution in [2.75, 3.05) is 6.61 Å². The number of nitrogens with one attached hydrogen (secondary N) is 3. The quantitative estimate of drug-likeness (QED) is 0.471. The van der Waals surface area contributed by atoms with Gasteiger partial charge in [-0.1, -0.05) is 12.1 Å². The minimum atomic E-state index is -1.08. The zero-order chi connectivity index (χ0) is 16.3. The molecule has 8 heteroatoms. The Morgan fingerprint density at radius 3 is 2.86 bits per heavy atom. The summed E-state index contributed by atoms with van der Waals surface area (Å²) in [5, 5.41) is 24.2. The van der Waals surface area contributed by atoms with Crippen molar-refractivity contribution in [2.45, 2.75) is 19.9 Å². The summed E-state index contributed by atoms with van der Waals surface area (Å²) in [6, 6.07) is 4.85. The van der Waals surface area contributed by atoms with E-state index < -0.39 is 23.3 Å². The Morgan fingerprint density at radius 1 is 1.50 bits per heavy atom. The fraction of sp³-hybridized carbons (Fsp3) is 0.286. The van der Waals surface area contributed by atoms with E-state index in [4.69, 9.17) is 9.94 Å². The van der Waals surface area contributed by atoms with Crippen LogP contribution >= 0.6 is 0 Å². The highest BCUT2D eigenvalue weighted by Gasteiger charge is 2.32. The van der Waals surface area contributed by atoms with Crippen LogP contribution in [0.1, 0.15) is 25.5 Å². The van der Waals surface area contributed by atoms with E-state index in [1.165, 1.54) is 12.1 Å². The highest BCUT2D eigenvalue weighted by Crippen LogP contribution is 2.28. The van der Waals surface area contributed by atoms with Gasteiger partial charge in [0, 0.05) is 17.8 Å². The Morgan fingerprint density at radius 2 is 2.23 bits per heavy atom. The number of carbonyl (C=O) groups is 2. The number of esters is 1. The monoisotopic (exact) mass is 307 g/mol. The van der Waals surface area contributed by atoms with Gasteiger partial charge < -0.3 is 20.6 Å². The lowest BCUT2D eigenvalue weighted by molar-refractivity contribution is -0.991. The summed E-state index contributed by atoms with van der Waals surface area (Å²) in [5.74, 6) is -0.557. The van der Waals surface area contributed by atoms with E-state index in [9.17, 15) is 14.8 Å². The van der Waals surface area contributed by atoms with Crippen LogP contribution in [-0.2, 0) is 9.53 Å². The number of rotatable bonds is 4. The highest BCUT2D eigenvalue weighted by atomic mass is 16.8. The molecule has 118 valence electrons. The van der Waals surface area contributed by atoms with Gasteiger partial charge in [0.2, 0.25) is 0 Å². The van der Waals surface area contributed by atoms with Crippen molar-refractivity contribution in [1.29, 1.82) is 0 Å². The van der Waals surface area contributed by atoms with Crippen LogP contribution in [0.3, 0.4) is 0 Å². The molecule has 2 atom stereocenters. The van der Waals surface area contributed by atoms with Crippen LogP contribution in [0.15, 0.2) is 35.5 Å². The third-order valence-electron chi connectivity index (χ3n) is 3.23. The number of hydrogen-bond donors (Lipinski definition) is 4. The molecule has 2 amide bonds. The van der Waals surface area contributed by atoms with E-state index in [1.807, 2.05) is 0 Å². The van der Waals surface area contributed by atoms with Gasteiger partial charge in [-0.2, -0.15) is 5.23 Å². The molecule has 1 aromatic carbocycles. The minimum Gasteiger partial charge on any atom is -0.595 e. The number of quaternary nitrogens is 1. The van der Waals surface area contributed by atoms with Crippen LogP contribution in [0.2, 0.25) is 0 Å². The Bertz CT molecular complexity index is 627. The summed E-state index contributed by atoms with van der Waals surface area (Å²) in [6.07, 6.45) is 0. The molecule has 0 radical (unpaired) electrons. The first-order valence-electron chi connectivity index (χ1n) is 6.72. The van der Waals surface area contributed by atoms with E-state index in [0.29, 0.717) is 11.3 Å². The summed E-state index contributed by atoms with van der Waals surface area (Å²) >= 11 is 0. The van der Waals surface area contributed by atoms with E-state index in [-0.39, 0.29) is 17.9 Å². The van der Waals surface area contributed by atoms with E-state index >= 15 is 0 Å². The molecule has 0 aliphatic carbocycles. The van der Waals surface area contributed by atoms with Gasteiger partial charge in [0.15, 0.2) is 5.69 Å². The van der Waals surface area contributed by atoms with Gasteiger partial charge in [-0.05, 0) is 19.4 Å². The van der Waals surface area contributed by atoms with Crippen LogP contribution in [0, 0.1) is 5.21 Å². The number of ether oxygens (including phenoxy) is 1. The van der Waals surface area contributed by atoms with Crippen molar-refractivity contribution in [1.82, 2.24) is 10.6 Å². The summed E-state index contributed by atoms with van der Waals surface area (Å²) in [4.78, 5) is 23.8. The molecule has 1 aliphatic rings. The molecule has 2 rings (SSSR count). The molecular formula is C14H17N3O5. The maximum absolute atomic E-state index is 12.1. The first kappa shape index (κ1) is 16.0. The molecule has 0 saturated heterocycles. The van der Waals surface area contributed by atoms with Gasteiger partial charge in [-0.15, -0.1) is 0 Å². The SMILES string of the molecule is CCOC(=O)C1=C(C)NC(=O)NC1c1cccc([NH+]([O-])O)c1. The van der Waals surface area contributed by atoms with Gasteiger partial charge in [0.25, 0.3) is 0 Å². The number of hydrogen-bond acceptors (Lipinski definition) is 5. The van der Waals surface area contributed by atoms with Crippen molar-refractivity contribution in [2.24, 2.45) is 0 Å². The fourth-order valence-corrected chi connectivity index (χ4v) is 2.27. The lowest BCUT2D eigenvalue weighted by atomic mass is 9.95. The molecule has 1 aromatic rings. The van der Waals surface area contributed by atoms with Crippen molar-refractivity contribution in [3.05, 3.63) is 46.3 Å². The Labute approximate surface area is 126 Å². The predicted octanol–water partition coefficient (Wildman–Crippen LogP) is 0.281. The second-order valence-electron chi connectivity index (χ2n) is 4.72. The number of amides is 2. The largest absolute Gasteiger partial charge is 0.595 e. The second-order valence-corrected chi connectivity index (χ2v) is 4.72. The topological polar surface area (TPSA) is 115 Å². The summed E-state index contributed by atoms with van der Waals surface area (Å²) < 4.78 is 5.01. The molecule has 0 aromatic heterocycles. The zero-order valence-corrected chi connectivity index (χ0v) is 12.2. The molecule has 1 aliphatic heterocycles. The first-order chi connectivity index (χ1) is 10.4. The van der Waals surface area contributed by atoms with Crippen molar-refractivity contribution in [3.8, 4) is 0 Å². The second kappa shape index (κ2) is 6.56. The molecule has 4 N–H and O–H groups in total.